The highest BCUT2D eigenvalue weighted by molar-refractivity contribution is 6.02. The largest absolute Gasteiger partial charge is 0.337 e. The van der Waals surface area contributed by atoms with Crippen LogP contribution in [0, 0.1) is 11.8 Å². The number of hydrogen-bond acceptors (Lipinski definition) is 8. The number of nitrogens with zero attached hydrogens (tertiary/aromatic N) is 2. The fourth-order valence-electron chi connectivity index (χ4n) is 3.33. The first-order valence-electron chi connectivity index (χ1n) is 8.53. The molecule has 3 aliphatic rings. The van der Waals surface area contributed by atoms with Crippen LogP contribution in [0.1, 0.15) is 51.4 Å². The van der Waals surface area contributed by atoms with E-state index in [1.54, 1.807) is 0 Å². The third-order valence-electron chi connectivity index (χ3n) is 4.75. The second kappa shape index (κ2) is 7.22. The smallest absolute Gasteiger partial charge is 0.330 e. The van der Waals surface area contributed by atoms with Gasteiger partial charge in [-0.05, 0) is 12.8 Å². The third-order valence-corrected chi connectivity index (χ3v) is 4.75. The molecular formula is C16H18N2O8. The molecule has 0 radical (unpaired) electrons. The summed E-state index contributed by atoms with van der Waals surface area (Å²) in [5.41, 5.74) is 0. The van der Waals surface area contributed by atoms with Crippen molar-refractivity contribution in [1.82, 2.24) is 10.1 Å². The van der Waals surface area contributed by atoms with Gasteiger partial charge >= 0.3 is 11.9 Å². The number of hydrogen-bond donors (Lipinski definition) is 0. The van der Waals surface area contributed by atoms with Crippen molar-refractivity contribution in [2.24, 2.45) is 11.8 Å². The van der Waals surface area contributed by atoms with Crippen molar-refractivity contribution in [3.63, 3.8) is 0 Å². The van der Waals surface area contributed by atoms with Crippen LogP contribution in [0.2, 0.25) is 0 Å². The number of amides is 4. The highest BCUT2D eigenvalue weighted by Crippen LogP contribution is 2.33. The van der Waals surface area contributed by atoms with Crippen LogP contribution < -0.4 is 0 Å². The Balaban J connectivity index is 1.67. The first-order chi connectivity index (χ1) is 12.4. The summed E-state index contributed by atoms with van der Waals surface area (Å²) in [6, 6.07) is 0. The van der Waals surface area contributed by atoms with Crippen LogP contribution in [0.4, 0.5) is 0 Å². The molecule has 2 heterocycles. The predicted octanol–water partition coefficient (Wildman–Crippen LogP) is 0.00720. The Bertz CT molecular complexity index is 598. The van der Waals surface area contributed by atoms with Gasteiger partial charge in [-0.1, -0.05) is 12.8 Å². The van der Waals surface area contributed by atoms with Gasteiger partial charge in [-0.25, -0.2) is 9.59 Å². The summed E-state index contributed by atoms with van der Waals surface area (Å²) in [6.07, 6.45) is 1.85. The Labute approximate surface area is 148 Å². The Morgan fingerprint density at radius 3 is 1.27 bits per heavy atom. The number of carbonyl (C=O) groups excluding carboxylic acids is 6. The third kappa shape index (κ3) is 3.44. The molecule has 0 aromatic heterocycles. The molecule has 1 aliphatic carbocycles. The fourth-order valence-corrected chi connectivity index (χ4v) is 3.33. The molecule has 0 N–H and O–H groups in total. The van der Waals surface area contributed by atoms with Crippen LogP contribution in [-0.4, -0.2) is 45.7 Å². The molecule has 140 valence electrons. The van der Waals surface area contributed by atoms with Crippen LogP contribution in [0.15, 0.2) is 0 Å². The van der Waals surface area contributed by atoms with Gasteiger partial charge in [0.25, 0.3) is 23.6 Å². The van der Waals surface area contributed by atoms with Gasteiger partial charge in [0.1, 0.15) is 0 Å². The molecule has 0 aromatic rings. The average molecular weight is 366 g/mol. The summed E-state index contributed by atoms with van der Waals surface area (Å²) in [6.45, 7) is 0. The van der Waals surface area contributed by atoms with Crippen molar-refractivity contribution in [3.8, 4) is 0 Å². The molecule has 0 bridgehead atoms. The van der Waals surface area contributed by atoms with Crippen LogP contribution in [0.3, 0.4) is 0 Å². The van der Waals surface area contributed by atoms with Crippen LogP contribution in [0.5, 0.6) is 0 Å². The van der Waals surface area contributed by atoms with Crippen LogP contribution in [0.25, 0.3) is 0 Å². The summed E-state index contributed by atoms with van der Waals surface area (Å²) in [7, 11) is 0. The highest BCUT2D eigenvalue weighted by atomic mass is 16.7. The minimum absolute atomic E-state index is 0.0264. The van der Waals surface area contributed by atoms with E-state index in [1.165, 1.54) is 0 Å². The molecule has 26 heavy (non-hydrogen) atoms. The summed E-state index contributed by atoms with van der Waals surface area (Å²) < 4.78 is 0. The van der Waals surface area contributed by atoms with Gasteiger partial charge in [0.15, 0.2) is 0 Å². The molecule has 3 fully saturated rings. The number of rotatable bonds is 4. The molecular weight excluding hydrogens is 348 g/mol. The van der Waals surface area contributed by atoms with E-state index in [1.807, 2.05) is 0 Å². The topological polar surface area (TPSA) is 127 Å². The maximum Gasteiger partial charge on any atom is 0.337 e. The zero-order chi connectivity index (χ0) is 18.8. The zero-order valence-corrected chi connectivity index (χ0v) is 14.0. The molecule has 0 spiro atoms. The Hall–Kier alpha value is -2.78. The van der Waals surface area contributed by atoms with E-state index in [-0.39, 0.29) is 25.7 Å². The molecule has 2 aliphatic heterocycles. The maximum atomic E-state index is 12.4. The van der Waals surface area contributed by atoms with Crippen molar-refractivity contribution in [3.05, 3.63) is 0 Å². The van der Waals surface area contributed by atoms with Crippen LogP contribution in [-0.2, 0) is 38.4 Å². The number of imide groups is 2. The molecule has 2 atom stereocenters. The Kier molecular flexibility index (Phi) is 5.01. The fraction of sp³-hybridized carbons (Fsp3) is 0.625. The van der Waals surface area contributed by atoms with Crippen molar-refractivity contribution < 1.29 is 38.4 Å². The van der Waals surface area contributed by atoms with Crippen LogP contribution >= 0.6 is 0 Å². The first-order valence-corrected chi connectivity index (χ1v) is 8.53. The maximum absolute atomic E-state index is 12.4. The second-order valence-corrected chi connectivity index (χ2v) is 6.48. The van der Waals surface area contributed by atoms with Crippen molar-refractivity contribution in [2.75, 3.05) is 0 Å². The van der Waals surface area contributed by atoms with Crippen molar-refractivity contribution >= 4 is 35.6 Å². The lowest BCUT2D eigenvalue weighted by Crippen LogP contribution is -2.42. The predicted molar refractivity (Wildman–Crippen MR) is 79.8 cm³/mol. The molecule has 10 heteroatoms. The second-order valence-electron chi connectivity index (χ2n) is 6.48. The zero-order valence-electron chi connectivity index (χ0n) is 14.0. The number of carbonyl (C=O) groups is 6. The molecule has 3 rings (SSSR count). The monoisotopic (exact) mass is 366 g/mol. The number of hydroxylamine groups is 4. The van der Waals surface area contributed by atoms with Gasteiger partial charge in [0.2, 0.25) is 0 Å². The van der Waals surface area contributed by atoms with Gasteiger partial charge in [0.05, 0.1) is 11.8 Å². The molecule has 0 aromatic carbocycles. The van der Waals surface area contributed by atoms with E-state index in [0.29, 0.717) is 35.8 Å². The van der Waals surface area contributed by atoms with Gasteiger partial charge in [-0.15, -0.1) is 10.1 Å². The lowest BCUT2D eigenvalue weighted by Gasteiger charge is -2.29. The standard InChI is InChI=1S/C16H18N2O8/c19-11-5-6-12(20)17(11)25-15(23)9-3-1-2-4-10(9)16(24)26-18-13(21)7-8-14(18)22/h9-10H,1-8H2. The lowest BCUT2D eigenvalue weighted by atomic mass is 9.79. The van der Waals surface area contributed by atoms with Gasteiger partial charge < -0.3 is 9.68 Å². The molecule has 2 unspecified atom stereocenters. The van der Waals surface area contributed by atoms with E-state index in [4.69, 9.17) is 9.68 Å². The lowest BCUT2D eigenvalue weighted by molar-refractivity contribution is -0.210. The van der Waals surface area contributed by atoms with Crippen molar-refractivity contribution in [1.29, 1.82) is 0 Å². The van der Waals surface area contributed by atoms with E-state index in [2.05, 4.69) is 0 Å². The minimum atomic E-state index is -0.912. The summed E-state index contributed by atoms with van der Waals surface area (Å²) in [4.78, 5) is 80.9. The molecule has 4 amide bonds. The summed E-state index contributed by atoms with van der Waals surface area (Å²) >= 11 is 0. The van der Waals surface area contributed by atoms with Gasteiger partial charge in [-0.2, -0.15) is 0 Å². The molecule has 2 saturated heterocycles. The summed E-state index contributed by atoms with van der Waals surface area (Å²) in [5, 5.41) is 0.875. The highest BCUT2D eigenvalue weighted by Gasteiger charge is 2.43. The molecule has 10 nitrogen and oxygen atoms in total. The Morgan fingerprint density at radius 2 is 0.962 bits per heavy atom. The van der Waals surface area contributed by atoms with E-state index >= 15 is 0 Å². The average Bonchev–Trinajstić information content (AvgIpc) is 3.11. The minimum Gasteiger partial charge on any atom is -0.330 e. The Morgan fingerprint density at radius 1 is 0.654 bits per heavy atom. The van der Waals surface area contributed by atoms with E-state index < -0.39 is 47.4 Å². The normalized spacial score (nSPS) is 26.5. The van der Waals surface area contributed by atoms with Crippen molar-refractivity contribution in [2.45, 2.75) is 51.4 Å². The molecule has 1 saturated carbocycles. The quantitative estimate of drug-likeness (QED) is 0.637. The van der Waals surface area contributed by atoms with Gasteiger partial charge in [0, 0.05) is 25.7 Å². The SMILES string of the molecule is O=C(ON1C(=O)CCC1=O)C1CCCCC1C(=O)ON1C(=O)CCC1=O. The van der Waals surface area contributed by atoms with E-state index in [0.717, 1.165) is 0 Å². The van der Waals surface area contributed by atoms with E-state index in [9.17, 15) is 28.8 Å². The van der Waals surface area contributed by atoms with Gasteiger partial charge in [-0.3, -0.25) is 19.2 Å². The summed E-state index contributed by atoms with van der Waals surface area (Å²) in [5.74, 6) is -5.98. The first kappa shape index (κ1) is 18.0.